The molecule has 1 nitrogen and oxygen atoms in total. The molecule has 0 fully saturated rings. The van der Waals surface area contributed by atoms with Gasteiger partial charge >= 0.3 is 0 Å². The molecule has 100 valence electrons. The fourth-order valence-electron chi connectivity index (χ4n) is 2.38. The summed E-state index contributed by atoms with van der Waals surface area (Å²) >= 11 is 5.15. The summed E-state index contributed by atoms with van der Waals surface area (Å²) in [5.74, 6) is 0. The Labute approximate surface area is 134 Å². The standard InChI is InChI=1S/C17H9NS3/c18-10-11-7-8-15(20-11)17-13-5-2-1-4-12(13)16(21-17)14-6-3-9-19-14/h1-9H. The van der Waals surface area contributed by atoms with Crippen LogP contribution in [0.3, 0.4) is 0 Å². The molecule has 0 aliphatic rings. The van der Waals surface area contributed by atoms with Crippen molar-refractivity contribution in [3.05, 3.63) is 58.8 Å². The summed E-state index contributed by atoms with van der Waals surface area (Å²) in [4.78, 5) is 5.83. The normalized spacial score (nSPS) is 10.8. The second-order valence-electron chi connectivity index (χ2n) is 4.56. The van der Waals surface area contributed by atoms with E-state index < -0.39 is 0 Å². The van der Waals surface area contributed by atoms with Crippen molar-refractivity contribution in [1.29, 1.82) is 5.26 Å². The van der Waals surface area contributed by atoms with Gasteiger partial charge in [-0.05, 0) is 23.6 Å². The minimum absolute atomic E-state index is 0.764. The maximum atomic E-state index is 9.03. The molecule has 0 spiro atoms. The summed E-state index contributed by atoms with van der Waals surface area (Å²) in [6.07, 6.45) is 0. The Kier molecular flexibility index (Phi) is 3.12. The smallest absolute Gasteiger partial charge is 0.110 e. The van der Waals surface area contributed by atoms with Crippen LogP contribution in [0.25, 0.3) is 30.3 Å². The van der Waals surface area contributed by atoms with Crippen molar-refractivity contribution >= 4 is 44.8 Å². The lowest BCUT2D eigenvalue weighted by Gasteiger charge is -1.94. The highest BCUT2D eigenvalue weighted by Crippen LogP contribution is 2.46. The van der Waals surface area contributed by atoms with E-state index in [1.807, 2.05) is 17.4 Å². The topological polar surface area (TPSA) is 23.8 Å². The van der Waals surface area contributed by atoms with Crippen LogP contribution in [0.5, 0.6) is 0 Å². The fraction of sp³-hybridized carbons (Fsp3) is 0. The van der Waals surface area contributed by atoms with E-state index >= 15 is 0 Å². The summed E-state index contributed by atoms with van der Waals surface area (Å²) in [5, 5.41) is 13.7. The van der Waals surface area contributed by atoms with Crippen LogP contribution in [-0.4, -0.2) is 0 Å². The van der Waals surface area contributed by atoms with Crippen molar-refractivity contribution in [2.75, 3.05) is 0 Å². The van der Waals surface area contributed by atoms with Crippen LogP contribution < -0.4 is 0 Å². The molecule has 3 aromatic heterocycles. The van der Waals surface area contributed by atoms with Gasteiger partial charge in [-0.2, -0.15) is 5.26 Å². The number of thiophene rings is 3. The molecule has 0 saturated carbocycles. The van der Waals surface area contributed by atoms with E-state index in [9.17, 15) is 0 Å². The first-order valence-electron chi connectivity index (χ1n) is 6.42. The van der Waals surface area contributed by atoms with Gasteiger partial charge in [0, 0.05) is 20.5 Å². The van der Waals surface area contributed by atoms with Gasteiger partial charge in [-0.25, -0.2) is 0 Å². The van der Waals surface area contributed by atoms with E-state index in [1.165, 1.54) is 30.3 Å². The number of nitrogens with zero attached hydrogens (tertiary/aromatic N) is 1. The second kappa shape index (κ2) is 5.12. The first-order valence-corrected chi connectivity index (χ1v) is 8.94. The molecule has 0 saturated heterocycles. The highest BCUT2D eigenvalue weighted by Gasteiger charge is 2.15. The van der Waals surface area contributed by atoms with E-state index in [0.29, 0.717) is 0 Å². The van der Waals surface area contributed by atoms with Crippen molar-refractivity contribution in [2.45, 2.75) is 0 Å². The Morgan fingerprint density at radius 3 is 2.14 bits per heavy atom. The highest BCUT2D eigenvalue weighted by molar-refractivity contribution is 7.27. The van der Waals surface area contributed by atoms with Crippen LogP contribution in [0.15, 0.2) is 53.9 Å². The lowest BCUT2D eigenvalue weighted by atomic mass is 10.1. The predicted octanol–water partition coefficient (Wildman–Crippen LogP) is 6.23. The van der Waals surface area contributed by atoms with Crippen LogP contribution in [0.1, 0.15) is 4.88 Å². The molecule has 4 heteroatoms. The molecule has 3 heterocycles. The molecule has 1 aromatic carbocycles. The average Bonchev–Trinajstić information content (AvgIpc) is 3.25. The van der Waals surface area contributed by atoms with Crippen LogP contribution in [0.4, 0.5) is 0 Å². The van der Waals surface area contributed by atoms with Gasteiger partial charge in [-0.15, -0.1) is 34.0 Å². The largest absolute Gasteiger partial charge is 0.192 e. The number of nitriles is 1. The first kappa shape index (κ1) is 12.8. The molecule has 0 amide bonds. The molecule has 4 aromatic rings. The third-order valence-corrected chi connectivity index (χ3v) is 6.75. The zero-order valence-electron chi connectivity index (χ0n) is 10.9. The van der Waals surface area contributed by atoms with Crippen LogP contribution >= 0.6 is 34.0 Å². The Bertz CT molecular complexity index is 952. The minimum Gasteiger partial charge on any atom is -0.192 e. The van der Waals surface area contributed by atoms with Gasteiger partial charge in [0.1, 0.15) is 10.9 Å². The van der Waals surface area contributed by atoms with Crippen LogP contribution in [-0.2, 0) is 0 Å². The molecule has 4 rings (SSSR count). The number of rotatable bonds is 2. The number of hydrogen-bond donors (Lipinski definition) is 0. The van der Waals surface area contributed by atoms with Gasteiger partial charge in [0.25, 0.3) is 0 Å². The van der Waals surface area contributed by atoms with Crippen molar-refractivity contribution in [3.8, 4) is 25.6 Å². The summed E-state index contributed by atoms with van der Waals surface area (Å²) in [6.45, 7) is 0. The number of fused-ring (bicyclic) bond motifs is 1. The fourth-order valence-corrected chi connectivity index (χ4v) is 5.46. The van der Waals surface area contributed by atoms with Gasteiger partial charge < -0.3 is 0 Å². The molecule has 0 bridgehead atoms. The summed E-state index contributed by atoms with van der Waals surface area (Å²) in [6, 6.07) is 19.0. The number of benzene rings is 1. The van der Waals surface area contributed by atoms with E-state index in [4.69, 9.17) is 5.26 Å². The van der Waals surface area contributed by atoms with E-state index in [2.05, 4.69) is 53.9 Å². The van der Waals surface area contributed by atoms with Gasteiger partial charge in [-0.3, -0.25) is 0 Å². The maximum Gasteiger partial charge on any atom is 0.110 e. The predicted molar refractivity (Wildman–Crippen MR) is 93.2 cm³/mol. The molecule has 0 radical (unpaired) electrons. The number of hydrogen-bond acceptors (Lipinski definition) is 4. The van der Waals surface area contributed by atoms with Gasteiger partial charge in [0.2, 0.25) is 0 Å². The average molecular weight is 323 g/mol. The molecule has 0 aliphatic carbocycles. The molecule has 0 aliphatic heterocycles. The minimum atomic E-state index is 0.764. The highest BCUT2D eigenvalue weighted by atomic mass is 32.1. The zero-order valence-corrected chi connectivity index (χ0v) is 13.3. The molecule has 0 atom stereocenters. The third-order valence-electron chi connectivity index (χ3n) is 3.31. The van der Waals surface area contributed by atoms with E-state index in [1.54, 1.807) is 22.7 Å². The molecule has 0 unspecified atom stereocenters. The van der Waals surface area contributed by atoms with Crippen molar-refractivity contribution in [2.24, 2.45) is 0 Å². The lowest BCUT2D eigenvalue weighted by Crippen LogP contribution is -1.68. The Balaban J connectivity index is 2.00. The van der Waals surface area contributed by atoms with Gasteiger partial charge in [0.15, 0.2) is 0 Å². The van der Waals surface area contributed by atoms with Gasteiger partial charge in [0.05, 0.1) is 9.75 Å². The van der Waals surface area contributed by atoms with Crippen molar-refractivity contribution < 1.29 is 0 Å². The molecule has 21 heavy (non-hydrogen) atoms. The maximum absolute atomic E-state index is 9.03. The Morgan fingerprint density at radius 1 is 0.762 bits per heavy atom. The first-order chi connectivity index (χ1) is 10.4. The molecular formula is C17H9NS3. The Hall–Kier alpha value is -1.93. The summed E-state index contributed by atoms with van der Waals surface area (Å²) < 4.78 is 0. The van der Waals surface area contributed by atoms with E-state index in [-0.39, 0.29) is 0 Å². The van der Waals surface area contributed by atoms with Gasteiger partial charge in [-0.1, -0.05) is 30.3 Å². The Morgan fingerprint density at radius 2 is 1.52 bits per heavy atom. The third kappa shape index (κ3) is 2.11. The zero-order chi connectivity index (χ0) is 14.2. The van der Waals surface area contributed by atoms with Crippen LogP contribution in [0.2, 0.25) is 0 Å². The van der Waals surface area contributed by atoms with E-state index in [0.717, 1.165) is 4.88 Å². The molecule has 0 N–H and O–H groups in total. The summed E-state index contributed by atoms with van der Waals surface area (Å²) in [7, 11) is 0. The van der Waals surface area contributed by atoms with Crippen LogP contribution in [0, 0.1) is 11.3 Å². The molecular weight excluding hydrogens is 314 g/mol. The quantitative estimate of drug-likeness (QED) is 0.429. The SMILES string of the molecule is N#Cc1ccc(-c2sc(-c3cccs3)c3ccccc23)s1. The van der Waals surface area contributed by atoms with Crippen molar-refractivity contribution in [3.63, 3.8) is 0 Å². The lowest BCUT2D eigenvalue weighted by molar-refractivity contribution is 1.52. The monoisotopic (exact) mass is 323 g/mol. The van der Waals surface area contributed by atoms with Crippen molar-refractivity contribution in [1.82, 2.24) is 0 Å². The second-order valence-corrected chi connectivity index (χ2v) is 7.61. The summed E-state index contributed by atoms with van der Waals surface area (Å²) in [5.41, 5.74) is 0.